The predicted octanol–water partition coefficient (Wildman–Crippen LogP) is 4.12. The molecule has 1 amide bonds. The van der Waals surface area contributed by atoms with Crippen molar-refractivity contribution in [3.63, 3.8) is 0 Å². The average Bonchev–Trinajstić information content (AvgIpc) is 2.65. The molecular formula is C21H31NO5. The number of esters is 1. The smallest absolute Gasteiger partial charge is 0.308 e. The summed E-state index contributed by atoms with van der Waals surface area (Å²) in [5.74, 6) is 0.320. The molecule has 1 rings (SSSR count). The molecule has 1 aromatic rings. The summed E-state index contributed by atoms with van der Waals surface area (Å²) in [6.07, 6.45) is 10.2. The van der Waals surface area contributed by atoms with E-state index in [4.69, 9.17) is 14.2 Å². The molecule has 0 radical (unpaired) electrons. The van der Waals surface area contributed by atoms with Crippen LogP contribution >= 0.6 is 0 Å². The van der Waals surface area contributed by atoms with Crippen LogP contribution in [0.3, 0.4) is 0 Å². The number of benzene rings is 1. The van der Waals surface area contributed by atoms with E-state index in [1.165, 1.54) is 52.9 Å². The van der Waals surface area contributed by atoms with E-state index in [9.17, 15) is 9.59 Å². The Kier molecular flexibility index (Phi) is 10.7. The first-order valence-electron chi connectivity index (χ1n) is 9.42. The highest BCUT2D eigenvalue weighted by Gasteiger charge is 2.15. The molecule has 0 saturated heterocycles. The molecule has 0 fully saturated rings. The van der Waals surface area contributed by atoms with Crippen molar-refractivity contribution in [2.24, 2.45) is 0 Å². The number of hydrogen-bond donors (Lipinski definition) is 1. The third-order valence-electron chi connectivity index (χ3n) is 3.99. The standard InChI is InChI=1S/C21H31NO5/c1-5-6-7-8-9-10-13-22-20(24)12-11-17-14-18(25-3)21(27-16(2)23)19(15-17)26-4/h11-12,14-15H,5-10,13H2,1-4H3,(H,22,24)/b12-11+. The van der Waals surface area contributed by atoms with Crippen LogP contribution in [0.1, 0.15) is 57.9 Å². The van der Waals surface area contributed by atoms with Crippen LogP contribution in [0, 0.1) is 0 Å². The molecule has 1 aromatic carbocycles. The van der Waals surface area contributed by atoms with E-state index in [-0.39, 0.29) is 11.7 Å². The molecule has 0 aliphatic heterocycles. The van der Waals surface area contributed by atoms with Gasteiger partial charge in [0.1, 0.15) is 0 Å². The number of amides is 1. The fraction of sp³-hybridized carbons (Fsp3) is 0.524. The zero-order valence-corrected chi connectivity index (χ0v) is 16.8. The maximum Gasteiger partial charge on any atom is 0.308 e. The van der Waals surface area contributed by atoms with E-state index < -0.39 is 5.97 Å². The molecule has 0 heterocycles. The summed E-state index contributed by atoms with van der Waals surface area (Å²) in [6.45, 7) is 4.18. The molecule has 0 saturated carbocycles. The summed E-state index contributed by atoms with van der Waals surface area (Å²) in [7, 11) is 2.95. The minimum atomic E-state index is -0.469. The Morgan fingerprint density at radius 1 is 1.00 bits per heavy atom. The zero-order chi connectivity index (χ0) is 20.1. The molecule has 0 atom stereocenters. The van der Waals surface area contributed by atoms with E-state index in [1.54, 1.807) is 18.2 Å². The Hall–Kier alpha value is -2.50. The van der Waals surface area contributed by atoms with Gasteiger partial charge in [0.05, 0.1) is 14.2 Å². The van der Waals surface area contributed by atoms with Crippen LogP contribution in [-0.4, -0.2) is 32.6 Å². The van der Waals surface area contributed by atoms with Crippen molar-refractivity contribution in [2.75, 3.05) is 20.8 Å². The maximum absolute atomic E-state index is 11.9. The van der Waals surface area contributed by atoms with E-state index in [0.29, 0.717) is 23.6 Å². The van der Waals surface area contributed by atoms with Crippen molar-refractivity contribution in [3.05, 3.63) is 23.8 Å². The van der Waals surface area contributed by atoms with Gasteiger partial charge in [0, 0.05) is 19.5 Å². The van der Waals surface area contributed by atoms with Crippen LogP contribution < -0.4 is 19.5 Å². The monoisotopic (exact) mass is 377 g/mol. The second-order valence-corrected chi connectivity index (χ2v) is 6.24. The third kappa shape index (κ3) is 8.62. The van der Waals surface area contributed by atoms with E-state index in [2.05, 4.69) is 12.2 Å². The fourth-order valence-corrected chi connectivity index (χ4v) is 2.59. The molecule has 6 nitrogen and oxygen atoms in total. The molecular weight excluding hydrogens is 346 g/mol. The molecule has 6 heteroatoms. The van der Waals surface area contributed by atoms with Crippen molar-refractivity contribution in [3.8, 4) is 17.2 Å². The van der Waals surface area contributed by atoms with Crippen LogP contribution in [0.15, 0.2) is 18.2 Å². The number of hydrogen-bond acceptors (Lipinski definition) is 5. The second kappa shape index (κ2) is 12.8. The quantitative estimate of drug-likeness (QED) is 0.257. The number of unbranched alkanes of at least 4 members (excludes halogenated alkanes) is 5. The Bertz CT molecular complexity index is 614. The molecule has 150 valence electrons. The van der Waals surface area contributed by atoms with Gasteiger partial charge in [-0.2, -0.15) is 0 Å². The lowest BCUT2D eigenvalue weighted by molar-refractivity contribution is -0.132. The number of rotatable bonds is 12. The Morgan fingerprint density at radius 3 is 2.15 bits per heavy atom. The molecule has 1 N–H and O–H groups in total. The van der Waals surface area contributed by atoms with Crippen LogP contribution in [0.4, 0.5) is 0 Å². The SMILES string of the molecule is CCCCCCCCNC(=O)/C=C/c1cc(OC)c(OC(C)=O)c(OC)c1. The van der Waals surface area contributed by atoms with Gasteiger partial charge in [-0.1, -0.05) is 39.0 Å². The fourth-order valence-electron chi connectivity index (χ4n) is 2.59. The highest BCUT2D eigenvalue weighted by atomic mass is 16.6. The molecule has 0 bridgehead atoms. The van der Waals surface area contributed by atoms with Crippen LogP contribution in [0.25, 0.3) is 6.08 Å². The minimum absolute atomic E-state index is 0.148. The number of carbonyl (C=O) groups is 2. The Balaban J connectivity index is 2.61. The highest BCUT2D eigenvalue weighted by molar-refractivity contribution is 5.91. The topological polar surface area (TPSA) is 73.9 Å². The van der Waals surface area contributed by atoms with Crippen LogP contribution in [0.5, 0.6) is 17.2 Å². The lowest BCUT2D eigenvalue weighted by Gasteiger charge is -2.13. The summed E-state index contributed by atoms with van der Waals surface area (Å²) >= 11 is 0. The summed E-state index contributed by atoms with van der Waals surface area (Å²) in [4.78, 5) is 23.2. The van der Waals surface area contributed by atoms with Crippen molar-refractivity contribution in [1.82, 2.24) is 5.32 Å². The molecule has 0 unspecified atom stereocenters. The van der Waals surface area contributed by atoms with Crippen LogP contribution in [-0.2, 0) is 9.59 Å². The summed E-state index contributed by atoms with van der Waals surface area (Å²) in [5.41, 5.74) is 0.703. The van der Waals surface area contributed by atoms with Crippen molar-refractivity contribution >= 4 is 18.0 Å². The van der Waals surface area contributed by atoms with Gasteiger partial charge >= 0.3 is 5.97 Å². The molecule has 27 heavy (non-hydrogen) atoms. The number of nitrogens with one attached hydrogen (secondary N) is 1. The summed E-state index contributed by atoms with van der Waals surface area (Å²) in [6, 6.07) is 3.36. The van der Waals surface area contributed by atoms with E-state index in [0.717, 1.165) is 12.8 Å². The van der Waals surface area contributed by atoms with Crippen LogP contribution in [0.2, 0.25) is 0 Å². The lowest BCUT2D eigenvalue weighted by atomic mass is 10.1. The molecule has 0 aromatic heterocycles. The summed E-state index contributed by atoms with van der Waals surface area (Å²) < 4.78 is 15.7. The molecule has 0 aliphatic carbocycles. The van der Waals surface area contributed by atoms with Gasteiger partial charge in [-0.05, 0) is 30.2 Å². The van der Waals surface area contributed by atoms with Crippen molar-refractivity contribution in [1.29, 1.82) is 0 Å². The average molecular weight is 377 g/mol. The molecule has 0 aliphatic rings. The normalized spacial score (nSPS) is 10.7. The Labute approximate surface area is 161 Å². The number of methoxy groups -OCH3 is 2. The first-order valence-corrected chi connectivity index (χ1v) is 9.42. The third-order valence-corrected chi connectivity index (χ3v) is 3.99. The predicted molar refractivity (Wildman–Crippen MR) is 106 cm³/mol. The van der Waals surface area contributed by atoms with Crippen molar-refractivity contribution in [2.45, 2.75) is 52.4 Å². The van der Waals surface area contributed by atoms with Gasteiger partial charge in [0.15, 0.2) is 11.5 Å². The Morgan fingerprint density at radius 2 is 1.59 bits per heavy atom. The molecule has 0 spiro atoms. The second-order valence-electron chi connectivity index (χ2n) is 6.24. The van der Waals surface area contributed by atoms with Gasteiger partial charge < -0.3 is 19.5 Å². The van der Waals surface area contributed by atoms with Crippen molar-refractivity contribution < 1.29 is 23.8 Å². The number of carbonyl (C=O) groups excluding carboxylic acids is 2. The van der Waals surface area contributed by atoms with Gasteiger partial charge in [-0.3, -0.25) is 9.59 Å². The maximum atomic E-state index is 11.9. The van der Waals surface area contributed by atoms with Gasteiger partial charge in [-0.25, -0.2) is 0 Å². The zero-order valence-electron chi connectivity index (χ0n) is 16.8. The van der Waals surface area contributed by atoms with Gasteiger partial charge in [0.2, 0.25) is 11.7 Å². The first-order chi connectivity index (χ1) is 13.0. The highest BCUT2D eigenvalue weighted by Crippen LogP contribution is 2.39. The lowest BCUT2D eigenvalue weighted by Crippen LogP contribution is -2.21. The van der Waals surface area contributed by atoms with E-state index >= 15 is 0 Å². The largest absolute Gasteiger partial charge is 0.493 e. The minimum Gasteiger partial charge on any atom is -0.493 e. The number of ether oxygens (including phenoxy) is 3. The van der Waals surface area contributed by atoms with E-state index in [1.807, 2.05) is 0 Å². The van der Waals surface area contributed by atoms with Gasteiger partial charge in [-0.15, -0.1) is 0 Å². The van der Waals surface area contributed by atoms with Gasteiger partial charge in [0.25, 0.3) is 0 Å². The first kappa shape index (κ1) is 22.5. The summed E-state index contributed by atoms with van der Waals surface area (Å²) in [5, 5.41) is 2.88.